The predicted octanol–water partition coefficient (Wildman–Crippen LogP) is 2.90. The fourth-order valence-electron chi connectivity index (χ4n) is 4.67. The number of aliphatic hydroxyl groups is 1. The van der Waals surface area contributed by atoms with Crippen molar-refractivity contribution in [2.75, 3.05) is 59.8 Å². The van der Waals surface area contributed by atoms with Gasteiger partial charge in [0, 0.05) is 26.7 Å². The number of benzene rings is 1. The summed E-state index contributed by atoms with van der Waals surface area (Å²) < 4.78 is 16.0. The molecule has 5 N–H and O–H groups in total. The zero-order valence-electron chi connectivity index (χ0n) is 28.6. The van der Waals surface area contributed by atoms with Crippen LogP contribution in [0, 0.1) is 12.3 Å². The average molecular weight is 666 g/mol. The highest BCUT2D eigenvalue weighted by Crippen LogP contribution is 2.28. The maximum atomic E-state index is 13.7. The summed E-state index contributed by atoms with van der Waals surface area (Å²) >= 11 is 1.60. The Balaban J connectivity index is 0.00000254. The van der Waals surface area contributed by atoms with E-state index in [-0.39, 0.29) is 25.0 Å². The molecule has 260 valence electrons. The van der Waals surface area contributed by atoms with Crippen LogP contribution in [0.3, 0.4) is 0 Å². The Labute approximate surface area is 278 Å². The number of aromatic nitrogens is 1. The molecule has 3 rings (SSSR count). The zero-order chi connectivity index (χ0) is 34.5. The van der Waals surface area contributed by atoms with Crippen molar-refractivity contribution in [1.82, 2.24) is 20.5 Å². The minimum absolute atomic E-state index is 0.195. The van der Waals surface area contributed by atoms with Crippen LogP contribution in [0.15, 0.2) is 29.8 Å². The van der Waals surface area contributed by atoms with E-state index in [0.29, 0.717) is 52.5 Å². The number of amides is 3. The molecular formula is C33H55N5O7S. The summed E-state index contributed by atoms with van der Waals surface area (Å²) in [7, 11) is 1.00. The summed E-state index contributed by atoms with van der Waals surface area (Å²) in [6.45, 7) is 14.7. The summed E-state index contributed by atoms with van der Waals surface area (Å²) in [6, 6.07) is 6.65. The molecule has 12 nitrogen and oxygen atoms in total. The standard InChI is InChI=1S/C30H45N5O6S.C2H6.CH4O/c1-21-26(42-20-33-21)23-9-7-22(8-10-23)18-32-28(37)24-6-5-12-35(24)29(38)27(30(2,3)4)34-25(36)19-41-17-16-40-15-14-39-13-11-31;2*1-2/h7-10,20,24,27H,5-6,11-19,31H2,1-4H3,(H,32,37)(H,34,36);1-2H3;2H,1H3/t24-,27+;;/m0../s1. The van der Waals surface area contributed by atoms with E-state index in [9.17, 15) is 14.4 Å². The SMILES string of the molecule is CC.CO.Cc1ncsc1-c1ccc(CNC(=O)[C@@H]2CCCN2C(=O)[C@@H](NC(=O)COCCOCCOCCN)C(C)(C)C)cc1. The number of nitrogens with zero attached hydrogens (tertiary/aromatic N) is 2. The normalized spacial score (nSPS) is 14.8. The first-order chi connectivity index (χ1) is 22.1. The number of carbonyl (C=O) groups excluding carboxylic acids is 3. The van der Waals surface area contributed by atoms with E-state index in [1.165, 1.54) is 0 Å². The van der Waals surface area contributed by atoms with E-state index < -0.39 is 23.4 Å². The molecule has 1 aromatic heterocycles. The van der Waals surface area contributed by atoms with Gasteiger partial charge in [0.05, 0.1) is 49.1 Å². The second-order valence-corrected chi connectivity index (χ2v) is 12.2. The number of hydrogen-bond donors (Lipinski definition) is 4. The number of likely N-dealkylation sites (tertiary alicyclic amines) is 1. The summed E-state index contributed by atoms with van der Waals surface area (Å²) in [6.07, 6.45) is 1.30. The maximum Gasteiger partial charge on any atom is 0.246 e. The van der Waals surface area contributed by atoms with Gasteiger partial charge in [0.2, 0.25) is 17.7 Å². The van der Waals surface area contributed by atoms with Gasteiger partial charge in [-0.1, -0.05) is 58.9 Å². The minimum Gasteiger partial charge on any atom is -0.400 e. The van der Waals surface area contributed by atoms with Gasteiger partial charge >= 0.3 is 0 Å². The lowest BCUT2D eigenvalue weighted by Crippen LogP contribution is -2.58. The molecule has 46 heavy (non-hydrogen) atoms. The van der Waals surface area contributed by atoms with Crippen LogP contribution in [-0.2, 0) is 35.1 Å². The Hall–Kier alpha value is -2.94. The highest BCUT2D eigenvalue weighted by atomic mass is 32.1. The molecule has 0 radical (unpaired) electrons. The number of aliphatic hydroxyl groups excluding tert-OH is 1. The average Bonchev–Trinajstić information content (AvgIpc) is 3.72. The number of ether oxygens (including phenoxy) is 3. The minimum atomic E-state index is -0.805. The lowest BCUT2D eigenvalue weighted by Gasteiger charge is -2.35. The first-order valence-electron chi connectivity index (χ1n) is 15.9. The van der Waals surface area contributed by atoms with E-state index in [4.69, 9.17) is 25.1 Å². The highest BCUT2D eigenvalue weighted by Gasteiger charge is 2.41. The predicted molar refractivity (Wildman–Crippen MR) is 181 cm³/mol. The zero-order valence-corrected chi connectivity index (χ0v) is 29.4. The molecule has 0 aliphatic carbocycles. The summed E-state index contributed by atoms with van der Waals surface area (Å²) in [5, 5.41) is 12.8. The third-order valence-electron chi connectivity index (χ3n) is 6.92. The van der Waals surface area contributed by atoms with Gasteiger partial charge in [0.1, 0.15) is 18.7 Å². The lowest BCUT2D eigenvalue weighted by molar-refractivity contribution is -0.144. The molecule has 1 aliphatic heterocycles. The van der Waals surface area contributed by atoms with Crippen molar-refractivity contribution in [1.29, 1.82) is 0 Å². The molecule has 0 bridgehead atoms. The Kier molecular flexibility index (Phi) is 20.2. The number of nitrogens with one attached hydrogen (secondary N) is 2. The molecule has 2 aromatic rings. The van der Waals surface area contributed by atoms with Crippen molar-refractivity contribution in [3.05, 3.63) is 41.0 Å². The Morgan fingerprint density at radius 2 is 1.65 bits per heavy atom. The number of nitrogens with two attached hydrogens (primary N) is 1. The quantitative estimate of drug-likeness (QED) is 0.197. The smallest absolute Gasteiger partial charge is 0.246 e. The number of thiazole rings is 1. The van der Waals surface area contributed by atoms with Gasteiger partial charge in [-0.2, -0.15) is 0 Å². The molecule has 1 saturated heterocycles. The molecule has 0 saturated carbocycles. The van der Waals surface area contributed by atoms with Crippen LogP contribution in [0.25, 0.3) is 10.4 Å². The summed E-state index contributed by atoms with van der Waals surface area (Å²) in [5.41, 5.74) is 9.68. The van der Waals surface area contributed by atoms with Gasteiger partial charge in [0.15, 0.2) is 0 Å². The number of aryl methyl sites for hydroxylation is 1. The van der Waals surface area contributed by atoms with Crippen molar-refractivity contribution in [3.8, 4) is 10.4 Å². The Morgan fingerprint density at radius 3 is 2.22 bits per heavy atom. The van der Waals surface area contributed by atoms with Crippen molar-refractivity contribution >= 4 is 29.1 Å². The van der Waals surface area contributed by atoms with Crippen LogP contribution < -0.4 is 16.4 Å². The molecular weight excluding hydrogens is 610 g/mol. The van der Waals surface area contributed by atoms with Crippen molar-refractivity contribution in [3.63, 3.8) is 0 Å². The van der Waals surface area contributed by atoms with Gasteiger partial charge < -0.3 is 40.6 Å². The third kappa shape index (κ3) is 13.8. The molecule has 0 unspecified atom stereocenters. The van der Waals surface area contributed by atoms with Gasteiger partial charge in [-0.25, -0.2) is 4.98 Å². The number of hydrogen-bond acceptors (Lipinski definition) is 10. The molecule has 1 fully saturated rings. The van der Waals surface area contributed by atoms with Crippen molar-refractivity contribution in [2.24, 2.45) is 11.1 Å². The van der Waals surface area contributed by atoms with E-state index in [0.717, 1.165) is 35.2 Å². The fourth-order valence-corrected chi connectivity index (χ4v) is 5.48. The van der Waals surface area contributed by atoms with Crippen LogP contribution in [-0.4, -0.2) is 105 Å². The molecule has 3 amide bonds. The Bertz CT molecular complexity index is 1150. The van der Waals surface area contributed by atoms with Crippen LogP contribution >= 0.6 is 11.3 Å². The van der Waals surface area contributed by atoms with Gasteiger partial charge in [0.25, 0.3) is 0 Å². The van der Waals surface area contributed by atoms with Crippen molar-refractivity contribution in [2.45, 2.75) is 73.0 Å². The van der Waals surface area contributed by atoms with E-state index in [1.807, 2.05) is 71.3 Å². The van der Waals surface area contributed by atoms with Crippen molar-refractivity contribution < 1.29 is 33.7 Å². The molecule has 1 aliphatic rings. The number of carbonyl (C=O) groups is 3. The van der Waals surface area contributed by atoms with Gasteiger partial charge in [-0.15, -0.1) is 11.3 Å². The van der Waals surface area contributed by atoms with Crippen LogP contribution in [0.5, 0.6) is 0 Å². The van der Waals surface area contributed by atoms with E-state index in [1.54, 1.807) is 16.2 Å². The largest absolute Gasteiger partial charge is 0.400 e. The summed E-state index contributed by atoms with van der Waals surface area (Å²) in [5.74, 6) is -0.857. The fraction of sp³-hybridized carbons (Fsp3) is 0.636. The second kappa shape index (κ2) is 22.6. The van der Waals surface area contributed by atoms with Crippen LogP contribution in [0.2, 0.25) is 0 Å². The van der Waals surface area contributed by atoms with Gasteiger partial charge in [-0.3, -0.25) is 14.4 Å². The monoisotopic (exact) mass is 665 g/mol. The lowest BCUT2D eigenvalue weighted by atomic mass is 9.85. The molecule has 1 aromatic carbocycles. The first-order valence-corrected chi connectivity index (χ1v) is 16.7. The number of rotatable bonds is 16. The van der Waals surface area contributed by atoms with E-state index >= 15 is 0 Å². The van der Waals surface area contributed by atoms with Crippen LogP contribution in [0.4, 0.5) is 0 Å². The maximum absolute atomic E-state index is 13.7. The van der Waals surface area contributed by atoms with Gasteiger partial charge in [-0.05, 0) is 36.3 Å². The highest BCUT2D eigenvalue weighted by molar-refractivity contribution is 7.13. The molecule has 13 heteroatoms. The van der Waals surface area contributed by atoms with E-state index in [2.05, 4.69) is 15.6 Å². The molecule has 2 heterocycles. The van der Waals surface area contributed by atoms with Crippen LogP contribution in [0.1, 0.15) is 58.7 Å². The first kappa shape index (κ1) is 41.1. The molecule has 0 spiro atoms. The second-order valence-electron chi connectivity index (χ2n) is 11.3. The topological polar surface area (TPSA) is 165 Å². The third-order valence-corrected chi connectivity index (χ3v) is 7.90. The Morgan fingerprint density at radius 1 is 1.04 bits per heavy atom. The molecule has 2 atom stereocenters. The summed E-state index contributed by atoms with van der Waals surface area (Å²) in [4.78, 5) is 46.5.